The number of aryl methyl sites for hydroxylation is 1. The second kappa shape index (κ2) is 6.71. The van der Waals surface area contributed by atoms with Crippen molar-refractivity contribution >= 4 is 5.91 Å². The molecule has 2 N–H and O–H groups in total. The van der Waals surface area contributed by atoms with Crippen molar-refractivity contribution in [1.29, 1.82) is 0 Å². The molecule has 1 aromatic rings. The van der Waals surface area contributed by atoms with Gasteiger partial charge in [-0.1, -0.05) is 43.7 Å². The van der Waals surface area contributed by atoms with Crippen molar-refractivity contribution in [3.8, 4) is 0 Å². The minimum absolute atomic E-state index is 0.00699. The highest BCUT2D eigenvalue weighted by atomic mass is 16.2. The van der Waals surface area contributed by atoms with E-state index in [0.29, 0.717) is 5.92 Å². The zero-order valence-electron chi connectivity index (χ0n) is 12.7. The van der Waals surface area contributed by atoms with Crippen molar-refractivity contribution in [2.75, 3.05) is 6.54 Å². The topological polar surface area (TPSA) is 46.3 Å². The molecule has 0 spiro atoms. The van der Waals surface area contributed by atoms with Crippen molar-refractivity contribution < 1.29 is 4.79 Å². The molecule has 0 aliphatic carbocycles. The molecule has 19 heavy (non-hydrogen) atoms. The molecule has 3 nitrogen and oxygen atoms in total. The van der Waals surface area contributed by atoms with Gasteiger partial charge in [-0.25, -0.2) is 0 Å². The first-order valence-electron chi connectivity index (χ1n) is 6.95. The lowest BCUT2D eigenvalue weighted by molar-refractivity contribution is -0.135. The normalized spacial score (nSPS) is 12.8. The fourth-order valence-corrected chi connectivity index (χ4v) is 2.04. The highest BCUT2D eigenvalue weighted by molar-refractivity contribution is 5.83. The quantitative estimate of drug-likeness (QED) is 0.887. The van der Waals surface area contributed by atoms with Gasteiger partial charge >= 0.3 is 0 Å². The van der Waals surface area contributed by atoms with Gasteiger partial charge in [0, 0.05) is 12.6 Å². The molecule has 0 bridgehead atoms. The van der Waals surface area contributed by atoms with Crippen LogP contribution in [0.3, 0.4) is 0 Å². The summed E-state index contributed by atoms with van der Waals surface area (Å²) in [5.74, 6) is 0.448. The molecule has 0 saturated heterocycles. The van der Waals surface area contributed by atoms with Crippen LogP contribution in [0.5, 0.6) is 0 Å². The molecule has 1 atom stereocenters. The summed E-state index contributed by atoms with van der Waals surface area (Å²) in [4.78, 5) is 14.4. The predicted octanol–water partition coefficient (Wildman–Crippen LogP) is 2.89. The number of rotatable bonds is 5. The molecule has 1 rings (SSSR count). The molecule has 0 aliphatic rings. The molecular weight excluding hydrogens is 236 g/mol. The van der Waals surface area contributed by atoms with Crippen LogP contribution in [0.4, 0.5) is 0 Å². The summed E-state index contributed by atoms with van der Waals surface area (Å²) in [6.45, 7) is 11.1. The Balaban J connectivity index is 2.86. The number of amides is 1. The molecule has 1 amide bonds. The minimum atomic E-state index is -0.568. The second-order valence-corrected chi connectivity index (χ2v) is 5.87. The van der Waals surface area contributed by atoms with Gasteiger partial charge in [0.1, 0.15) is 6.04 Å². The second-order valence-electron chi connectivity index (χ2n) is 5.87. The third kappa shape index (κ3) is 4.35. The van der Waals surface area contributed by atoms with Crippen LogP contribution in [0, 0.1) is 12.8 Å². The number of hydrogen-bond acceptors (Lipinski definition) is 2. The van der Waals surface area contributed by atoms with Gasteiger partial charge in [-0.2, -0.15) is 0 Å². The first-order valence-corrected chi connectivity index (χ1v) is 6.95. The van der Waals surface area contributed by atoms with E-state index in [1.54, 1.807) is 0 Å². The van der Waals surface area contributed by atoms with Crippen molar-refractivity contribution in [2.45, 2.75) is 46.7 Å². The summed E-state index contributed by atoms with van der Waals surface area (Å²) in [6, 6.07) is 7.46. The van der Waals surface area contributed by atoms with E-state index in [-0.39, 0.29) is 11.9 Å². The molecule has 0 fully saturated rings. The van der Waals surface area contributed by atoms with E-state index in [1.165, 1.54) is 5.56 Å². The van der Waals surface area contributed by atoms with Gasteiger partial charge < -0.3 is 10.6 Å². The third-order valence-electron chi connectivity index (χ3n) is 3.17. The maximum Gasteiger partial charge on any atom is 0.244 e. The maximum atomic E-state index is 12.5. The predicted molar refractivity (Wildman–Crippen MR) is 79.8 cm³/mol. The molecule has 1 aromatic carbocycles. The van der Waals surface area contributed by atoms with Crippen molar-refractivity contribution in [3.05, 3.63) is 35.4 Å². The Kier molecular flexibility index (Phi) is 5.55. The largest absolute Gasteiger partial charge is 0.338 e. The first kappa shape index (κ1) is 15.7. The summed E-state index contributed by atoms with van der Waals surface area (Å²) in [7, 11) is 0. The Morgan fingerprint density at radius 3 is 2.11 bits per heavy atom. The van der Waals surface area contributed by atoms with Crippen LogP contribution in [0.15, 0.2) is 24.3 Å². The highest BCUT2D eigenvalue weighted by Gasteiger charge is 2.24. The van der Waals surface area contributed by atoms with E-state index in [9.17, 15) is 4.79 Å². The Hall–Kier alpha value is -1.35. The van der Waals surface area contributed by atoms with Crippen LogP contribution >= 0.6 is 0 Å². The molecule has 0 aliphatic heterocycles. The van der Waals surface area contributed by atoms with Crippen molar-refractivity contribution in [1.82, 2.24) is 4.90 Å². The highest BCUT2D eigenvalue weighted by Crippen LogP contribution is 2.17. The fraction of sp³-hybridized carbons (Fsp3) is 0.562. The lowest BCUT2D eigenvalue weighted by Gasteiger charge is -2.31. The summed E-state index contributed by atoms with van der Waals surface area (Å²) in [5.41, 5.74) is 8.16. The Morgan fingerprint density at radius 2 is 1.68 bits per heavy atom. The van der Waals surface area contributed by atoms with Gasteiger partial charge in [0.05, 0.1) is 0 Å². The van der Waals surface area contributed by atoms with Gasteiger partial charge in [-0.05, 0) is 32.3 Å². The summed E-state index contributed by atoms with van der Waals surface area (Å²) < 4.78 is 0. The third-order valence-corrected chi connectivity index (χ3v) is 3.17. The van der Waals surface area contributed by atoms with E-state index in [1.807, 2.05) is 49.9 Å². The van der Waals surface area contributed by atoms with Crippen molar-refractivity contribution in [3.63, 3.8) is 0 Å². The zero-order chi connectivity index (χ0) is 14.6. The number of nitrogens with two attached hydrogens (primary N) is 1. The lowest BCUT2D eigenvalue weighted by Crippen LogP contribution is -2.44. The number of nitrogens with zero attached hydrogens (tertiary/aromatic N) is 1. The zero-order valence-corrected chi connectivity index (χ0v) is 12.7. The van der Waals surface area contributed by atoms with Crippen LogP contribution in [0.25, 0.3) is 0 Å². The first-order chi connectivity index (χ1) is 8.82. The van der Waals surface area contributed by atoms with E-state index in [4.69, 9.17) is 5.73 Å². The van der Waals surface area contributed by atoms with Crippen LogP contribution in [-0.2, 0) is 4.79 Å². The molecule has 0 saturated carbocycles. The average molecular weight is 262 g/mol. The van der Waals surface area contributed by atoms with Crippen LogP contribution in [0.2, 0.25) is 0 Å². The monoisotopic (exact) mass is 262 g/mol. The number of benzene rings is 1. The van der Waals surface area contributed by atoms with Crippen LogP contribution in [0.1, 0.15) is 44.9 Å². The molecule has 0 heterocycles. The van der Waals surface area contributed by atoms with E-state index >= 15 is 0 Å². The van der Waals surface area contributed by atoms with Gasteiger partial charge in [0.15, 0.2) is 0 Å². The molecule has 0 radical (unpaired) electrons. The Morgan fingerprint density at radius 1 is 1.16 bits per heavy atom. The molecule has 1 unspecified atom stereocenters. The SMILES string of the molecule is Cc1ccc(C(N)C(=O)N(CC(C)C)C(C)C)cc1. The minimum Gasteiger partial charge on any atom is -0.338 e. The van der Waals surface area contributed by atoms with Gasteiger partial charge in [-0.3, -0.25) is 4.79 Å². The van der Waals surface area contributed by atoms with Crippen molar-refractivity contribution in [2.24, 2.45) is 11.7 Å². The molecule has 3 heteroatoms. The maximum absolute atomic E-state index is 12.5. The molecular formula is C16H26N2O. The summed E-state index contributed by atoms with van der Waals surface area (Å²) in [6.07, 6.45) is 0. The fourth-order valence-electron chi connectivity index (χ4n) is 2.04. The van der Waals surface area contributed by atoms with Crippen LogP contribution < -0.4 is 5.73 Å². The average Bonchev–Trinajstić information content (AvgIpc) is 2.34. The number of hydrogen-bond donors (Lipinski definition) is 1. The number of carbonyl (C=O) groups is 1. The summed E-state index contributed by atoms with van der Waals surface area (Å²) >= 11 is 0. The van der Waals surface area contributed by atoms with E-state index in [2.05, 4.69) is 13.8 Å². The van der Waals surface area contributed by atoms with Gasteiger partial charge in [-0.15, -0.1) is 0 Å². The van der Waals surface area contributed by atoms with Gasteiger partial charge in [0.25, 0.3) is 0 Å². The summed E-state index contributed by atoms with van der Waals surface area (Å²) in [5, 5.41) is 0. The lowest BCUT2D eigenvalue weighted by atomic mass is 10.0. The Bertz CT molecular complexity index is 409. The van der Waals surface area contributed by atoms with E-state index < -0.39 is 6.04 Å². The van der Waals surface area contributed by atoms with Gasteiger partial charge in [0.2, 0.25) is 5.91 Å². The smallest absolute Gasteiger partial charge is 0.244 e. The molecule has 106 valence electrons. The molecule has 0 aromatic heterocycles. The number of carbonyl (C=O) groups excluding carboxylic acids is 1. The van der Waals surface area contributed by atoms with Crippen LogP contribution in [-0.4, -0.2) is 23.4 Å². The Labute approximate surface area is 116 Å². The standard InChI is InChI=1S/C16H26N2O/c1-11(2)10-18(12(3)4)16(19)15(17)14-8-6-13(5)7-9-14/h6-9,11-12,15H,10,17H2,1-5H3. The van der Waals surface area contributed by atoms with E-state index in [0.717, 1.165) is 12.1 Å².